The van der Waals surface area contributed by atoms with Crippen molar-refractivity contribution in [3.8, 4) is 0 Å². The fraction of sp³-hybridized carbons (Fsp3) is 0.273. The second-order valence-corrected chi connectivity index (χ2v) is 4.18. The van der Waals surface area contributed by atoms with E-state index in [1.165, 1.54) is 0 Å². The molecule has 1 heterocycles. The lowest BCUT2D eigenvalue weighted by Gasteiger charge is -2.04. The van der Waals surface area contributed by atoms with Gasteiger partial charge >= 0.3 is 0 Å². The first-order valence-electron chi connectivity index (χ1n) is 4.93. The van der Waals surface area contributed by atoms with Crippen molar-refractivity contribution in [2.75, 3.05) is 0 Å². The maximum atomic E-state index is 5.59. The van der Waals surface area contributed by atoms with Crippen molar-refractivity contribution in [1.82, 2.24) is 15.0 Å². The number of nitrogens with zero attached hydrogens (tertiary/aromatic N) is 3. The van der Waals surface area contributed by atoms with Crippen molar-refractivity contribution < 1.29 is 4.74 Å². The summed E-state index contributed by atoms with van der Waals surface area (Å²) >= 11 is 3.33. The fourth-order valence-electron chi connectivity index (χ4n) is 1.34. The summed E-state index contributed by atoms with van der Waals surface area (Å²) in [7, 11) is 1.85. The number of hydrogen-bond acceptors (Lipinski definition) is 3. The van der Waals surface area contributed by atoms with Crippen LogP contribution in [0.15, 0.2) is 34.9 Å². The van der Waals surface area contributed by atoms with E-state index in [1.54, 1.807) is 4.68 Å². The Balaban J connectivity index is 0.00000144. The van der Waals surface area contributed by atoms with Crippen LogP contribution in [0.3, 0.4) is 0 Å². The van der Waals surface area contributed by atoms with Gasteiger partial charge in [0.2, 0.25) is 0 Å². The van der Waals surface area contributed by atoms with Gasteiger partial charge in [0.05, 0.1) is 18.9 Å². The summed E-state index contributed by atoms with van der Waals surface area (Å²) in [6.45, 7) is 1.09. The first kappa shape index (κ1) is 14.3. The van der Waals surface area contributed by atoms with Crippen LogP contribution in [-0.4, -0.2) is 15.0 Å². The van der Waals surface area contributed by atoms with Gasteiger partial charge in [-0.05, 0) is 21.5 Å². The van der Waals surface area contributed by atoms with Crippen molar-refractivity contribution in [2.45, 2.75) is 13.2 Å². The molecular formula is C11H13Br2N3O. The molecule has 0 N–H and O–H groups in total. The highest BCUT2D eigenvalue weighted by atomic mass is 79.9. The van der Waals surface area contributed by atoms with Gasteiger partial charge in [0.15, 0.2) is 4.60 Å². The summed E-state index contributed by atoms with van der Waals surface area (Å²) in [5.74, 6) is 0. The second kappa shape index (κ2) is 6.88. The van der Waals surface area contributed by atoms with Gasteiger partial charge in [-0.15, -0.1) is 22.1 Å². The monoisotopic (exact) mass is 361 g/mol. The first-order chi connectivity index (χ1) is 7.77. The molecule has 2 rings (SSSR count). The van der Waals surface area contributed by atoms with Crippen LogP contribution >= 0.6 is 32.9 Å². The van der Waals surface area contributed by atoms with Crippen LogP contribution in [0.5, 0.6) is 0 Å². The number of ether oxygens (including phenoxy) is 1. The number of hydrogen-bond donors (Lipinski definition) is 0. The third-order valence-corrected chi connectivity index (χ3v) is 2.86. The van der Waals surface area contributed by atoms with Crippen LogP contribution in [0.4, 0.5) is 0 Å². The highest BCUT2D eigenvalue weighted by molar-refractivity contribution is 9.10. The Morgan fingerprint density at radius 2 is 1.94 bits per heavy atom. The zero-order valence-corrected chi connectivity index (χ0v) is 12.6. The number of halogens is 2. The summed E-state index contributed by atoms with van der Waals surface area (Å²) in [4.78, 5) is 0. The minimum atomic E-state index is 0. The zero-order valence-electron chi connectivity index (χ0n) is 9.34. The number of aryl methyl sites for hydroxylation is 1. The summed E-state index contributed by atoms with van der Waals surface area (Å²) in [6, 6.07) is 10.1. The average Bonchev–Trinajstić information content (AvgIpc) is 2.62. The van der Waals surface area contributed by atoms with E-state index >= 15 is 0 Å². The standard InChI is InChI=1S/C11H12BrN3O.BrH/c1-15-10(11(12)13-14-15)8-16-7-9-5-3-2-4-6-9;/h2-6H,7-8H2,1H3;1H. The largest absolute Gasteiger partial charge is 0.370 e. The van der Waals surface area contributed by atoms with Crippen molar-refractivity contribution in [3.63, 3.8) is 0 Å². The molecule has 4 nitrogen and oxygen atoms in total. The molecule has 6 heteroatoms. The molecule has 0 unspecified atom stereocenters. The number of benzene rings is 1. The molecule has 2 aromatic rings. The molecular weight excluding hydrogens is 350 g/mol. The van der Waals surface area contributed by atoms with Gasteiger partial charge in [0, 0.05) is 7.05 Å². The van der Waals surface area contributed by atoms with E-state index in [-0.39, 0.29) is 17.0 Å². The maximum absolute atomic E-state index is 5.59. The summed E-state index contributed by atoms with van der Waals surface area (Å²) in [5, 5.41) is 7.77. The molecule has 0 radical (unpaired) electrons. The third kappa shape index (κ3) is 3.90. The Bertz CT molecular complexity index is 439. The zero-order chi connectivity index (χ0) is 11.4. The summed E-state index contributed by atoms with van der Waals surface area (Å²) in [5.41, 5.74) is 2.10. The first-order valence-corrected chi connectivity index (χ1v) is 5.72. The van der Waals surface area contributed by atoms with Crippen LogP contribution in [0.2, 0.25) is 0 Å². The molecule has 0 aliphatic rings. The Labute approximate surface area is 119 Å². The van der Waals surface area contributed by atoms with Gasteiger partial charge in [0.25, 0.3) is 0 Å². The minimum Gasteiger partial charge on any atom is -0.370 e. The molecule has 0 saturated heterocycles. The lowest BCUT2D eigenvalue weighted by atomic mass is 10.2. The average molecular weight is 363 g/mol. The van der Waals surface area contributed by atoms with Gasteiger partial charge in [-0.1, -0.05) is 35.5 Å². The Morgan fingerprint density at radius 3 is 2.53 bits per heavy atom. The lowest BCUT2D eigenvalue weighted by Crippen LogP contribution is -2.02. The molecule has 0 atom stereocenters. The molecule has 0 aliphatic heterocycles. The molecule has 17 heavy (non-hydrogen) atoms. The van der Waals surface area contributed by atoms with Crippen molar-refractivity contribution in [1.29, 1.82) is 0 Å². The highest BCUT2D eigenvalue weighted by Crippen LogP contribution is 2.13. The lowest BCUT2D eigenvalue weighted by molar-refractivity contribution is 0.102. The highest BCUT2D eigenvalue weighted by Gasteiger charge is 2.07. The van der Waals surface area contributed by atoms with E-state index in [0.29, 0.717) is 13.2 Å². The van der Waals surface area contributed by atoms with Gasteiger partial charge < -0.3 is 4.74 Å². The van der Waals surface area contributed by atoms with Crippen LogP contribution in [0.1, 0.15) is 11.3 Å². The normalized spacial score (nSPS) is 10.0. The van der Waals surface area contributed by atoms with E-state index < -0.39 is 0 Å². The van der Waals surface area contributed by atoms with Gasteiger partial charge in [-0.3, -0.25) is 0 Å². The van der Waals surface area contributed by atoms with E-state index in [4.69, 9.17) is 4.74 Å². The molecule has 92 valence electrons. The number of aromatic nitrogens is 3. The summed E-state index contributed by atoms with van der Waals surface area (Å²) < 4.78 is 8.04. The molecule has 0 saturated carbocycles. The van der Waals surface area contributed by atoms with Crippen molar-refractivity contribution in [2.24, 2.45) is 7.05 Å². The third-order valence-electron chi connectivity index (χ3n) is 2.25. The second-order valence-electron chi connectivity index (χ2n) is 3.43. The van der Waals surface area contributed by atoms with E-state index in [9.17, 15) is 0 Å². The van der Waals surface area contributed by atoms with Gasteiger partial charge in [-0.25, -0.2) is 4.68 Å². The van der Waals surface area contributed by atoms with Crippen molar-refractivity contribution >= 4 is 32.9 Å². The van der Waals surface area contributed by atoms with E-state index in [0.717, 1.165) is 15.9 Å². The van der Waals surface area contributed by atoms with Gasteiger partial charge in [0.1, 0.15) is 0 Å². The predicted molar refractivity (Wildman–Crippen MR) is 74.0 cm³/mol. The maximum Gasteiger partial charge on any atom is 0.153 e. The predicted octanol–water partition coefficient (Wildman–Crippen LogP) is 2.87. The van der Waals surface area contributed by atoms with Crippen LogP contribution < -0.4 is 0 Å². The molecule has 0 spiro atoms. The van der Waals surface area contributed by atoms with E-state index in [1.807, 2.05) is 37.4 Å². The molecule has 0 aliphatic carbocycles. The summed E-state index contributed by atoms with van der Waals surface area (Å²) in [6.07, 6.45) is 0. The SMILES string of the molecule is Br.Cn1nnc(Br)c1COCc1ccccc1. The van der Waals surface area contributed by atoms with Crippen LogP contribution in [-0.2, 0) is 25.0 Å². The molecule has 0 bridgehead atoms. The smallest absolute Gasteiger partial charge is 0.153 e. The van der Waals surface area contributed by atoms with Crippen molar-refractivity contribution in [3.05, 3.63) is 46.2 Å². The quantitative estimate of drug-likeness (QED) is 0.839. The molecule has 0 amide bonds. The Hall–Kier alpha value is -0.720. The Kier molecular flexibility index (Phi) is 5.80. The van der Waals surface area contributed by atoms with Gasteiger partial charge in [-0.2, -0.15) is 0 Å². The topological polar surface area (TPSA) is 39.9 Å². The molecule has 1 aromatic heterocycles. The van der Waals surface area contributed by atoms with Crippen LogP contribution in [0.25, 0.3) is 0 Å². The molecule has 0 fully saturated rings. The van der Waals surface area contributed by atoms with E-state index in [2.05, 4.69) is 26.2 Å². The Morgan fingerprint density at radius 1 is 1.24 bits per heavy atom. The fourth-order valence-corrected chi connectivity index (χ4v) is 1.79. The number of rotatable bonds is 4. The molecule has 1 aromatic carbocycles. The van der Waals surface area contributed by atoms with Crippen LogP contribution in [0, 0.1) is 0 Å². The minimum absolute atomic E-state index is 0.